The van der Waals surface area contributed by atoms with Crippen molar-refractivity contribution in [3.05, 3.63) is 71.5 Å². The van der Waals surface area contributed by atoms with E-state index in [1.54, 1.807) is 0 Å². The molecule has 4 rings (SSSR count). The number of nitrogens with one attached hydrogen (secondary N) is 1. The highest BCUT2D eigenvalue weighted by Crippen LogP contribution is 2.27. The summed E-state index contributed by atoms with van der Waals surface area (Å²) in [5.41, 5.74) is 6.46. The first-order valence-electron chi connectivity index (χ1n) is 10.5. The SMILES string of the molecule is Cc1ccccc1NC(=O)CN1CCN(c2c(C)nn(-c3ccccc3)c2C)CC1. The van der Waals surface area contributed by atoms with Crippen LogP contribution in [0.1, 0.15) is 17.0 Å². The second-order valence-corrected chi connectivity index (χ2v) is 7.89. The van der Waals surface area contributed by atoms with Gasteiger partial charge in [0, 0.05) is 31.9 Å². The molecular weight excluding hydrogens is 374 g/mol. The van der Waals surface area contributed by atoms with Gasteiger partial charge in [-0.15, -0.1) is 0 Å². The van der Waals surface area contributed by atoms with Gasteiger partial charge in [0.1, 0.15) is 0 Å². The lowest BCUT2D eigenvalue weighted by Crippen LogP contribution is -2.49. The molecule has 1 aliphatic heterocycles. The molecule has 0 bridgehead atoms. The molecule has 1 saturated heterocycles. The number of rotatable bonds is 5. The molecular formula is C24H29N5O. The van der Waals surface area contributed by atoms with Crippen molar-refractivity contribution < 1.29 is 4.79 Å². The molecule has 6 heteroatoms. The Kier molecular flexibility index (Phi) is 5.86. The van der Waals surface area contributed by atoms with Crippen molar-refractivity contribution in [3.8, 4) is 5.69 Å². The molecule has 0 aliphatic carbocycles. The predicted octanol–water partition coefficient (Wildman–Crippen LogP) is 3.56. The maximum Gasteiger partial charge on any atom is 0.238 e. The van der Waals surface area contributed by atoms with Gasteiger partial charge in [-0.25, -0.2) is 4.68 Å². The molecule has 1 fully saturated rings. The molecule has 30 heavy (non-hydrogen) atoms. The van der Waals surface area contributed by atoms with Crippen LogP contribution in [-0.4, -0.2) is 53.3 Å². The summed E-state index contributed by atoms with van der Waals surface area (Å²) in [4.78, 5) is 17.1. The molecule has 2 aromatic carbocycles. The Morgan fingerprint density at radius 2 is 1.60 bits per heavy atom. The molecule has 0 atom stereocenters. The highest BCUT2D eigenvalue weighted by atomic mass is 16.2. The zero-order valence-corrected chi connectivity index (χ0v) is 17.9. The van der Waals surface area contributed by atoms with E-state index in [0.29, 0.717) is 6.54 Å². The van der Waals surface area contributed by atoms with Crippen LogP contribution in [0.4, 0.5) is 11.4 Å². The van der Waals surface area contributed by atoms with Gasteiger partial charge >= 0.3 is 0 Å². The number of carbonyl (C=O) groups excluding carboxylic acids is 1. The Morgan fingerprint density at radius 3 is 2.30 bits per heavy atom. The van der Waals surface area contributed by atoms with Gasteiger partial charge in [0.25, 0.3) is 0 Å². The summed E-state index contributed by atoms with van der Waals surface area (Å²) in [6, 6.07) is 18.1. The average molecular weight is 404 g/mol. The smallest absolute Gasteiger partial charge is 0.238 e. The number of carbonyl (C=O) groups is 1. The Labute approximate surface area is 178 Å². The summed E-state index contributed by atoms with van der Waals surface area (Å²) in [7, 11) is 0. The number of amides is 1. The lowest BCUT2D eigenvalue weighted by Gasteiger charge is -2.35. The minimum Gasteiger partial charge on any atom is -0.366 e. The first-order valence-corrected chi connectivity index (χ1v) is 10.5. The van der Waals surface area contributed by atoms with Crippen molar-refractivity contribution in [2.24, 2.45) is 0 Å². The minimum atomic E-state index is 0.0435. The van der Waals surface area contributed by atoms with Crippen LogP contribution in [0, 0.1) is 20.8 Å². The van der Waals surface area contributed by atoms with Crippen LogP contribution in [-0.2, 0) is 4.79 Å². The summed E-state index contributed by atoms with van der Waals surface area (Å²) in [6.45, 7) is 10.1. The number of anilines is 2. The molecule has 156 valence electrons. The van der Waals surface area contributed by atoms with Crippen molar-refractivity contribution >= 4 is 17.3 Å². The van der Waals surface area contributed by atoms with Crippen molar-refractivity contribution in [3.63, 3.8) is 0 Å². The van der Waals surface area contributed by atoms with Gasteiger partial charge in [0.15, 0.2) is 0 Å². The first kappa shape index (κ1) is 20.2. The quantitative estimate of drug-likeness (QED) is 0.708. The largest absolute Gasteiger partial charge is 0.366 e. The number of aryl methyl sites for hydroxylation is 2. The third kappa shape index (κ3) is 4.24. The third-order valence-corrected chi connectivity index (χ3v) is 5.73. The lowest BCUT2D eigenvalue weighted by molar-refractivity contribution is -0.117. The maximum atomic E-state index is 12.5. The molecule has 0 saturated carbocycles. The van der Waals surface area contributed by atoms with E-state index < -0.39 is 0 Å². The molecule has 1 aromatic heterocycles. The Balaban J connectivity index is 1.38. The van der Waals surface area contributed by atoms with Gasteiger partial charge in [-0.1, -0.05) is 36.4 Å². The van der Waals surface area contributed by atoms with Crippen LogP contribution in [0.2, 0.25) is 0 Å². The fourth-order valence-corrected chi connectivity index (χ4v) is 4.15. The molecule has 6 nitrogen and oxygen atoms in total. The zero-order valence-electron chi connectivity index (χ0n) is 17.9. The van der Waals surface area contributed by atoms with E-state index in [1.807, 2.05) is 54.1 Å². The van der Waals surface area contributed by atoms with Gasteiger partial charge in [-0.3, -0.25) is 9.69 Å². The van der Waals surface area contributed by atoms with Crippen LogP contribution in [0.15, 0.2) is 54.6 Å². The van der Waals surface area contributed by atoms with Crippen LogP contribution in [0.25, 0.3) is 5.69 Å². The van der Waals surface area contributed by atoms with Gasteiger partial charge in [0.2, 0.25) is 5.91 Å². The molecule has 1 aliphatic rings. The molecule has 2 heterocycles. The second kappa shape index (κ2) is 8.71. The Bertz CT molecular complexity index is 1020. The first-order chi connectivity index (χ1) is 14.5. The standard InChI is InChI=1S/C24H29N5O/c1-18-9-7-8-12-22(18)25-23(30)17-27-13-15-28(16-14-27)24-19(2)26-29(20(24)3)21-10-5-4-6-11-21/h4-12H,13-17H2,1-3H3,(H,25,30). The minimum absolute atomic E-state index is 0.0435. The van der Waals surface area contributed by atoms with E-state index in [1.165, 1.54) is 5.69 Å². The van der Waals surface area contributed by atoms with E-state index in [2.05, 4.69) is 41.1 Å². The number of hydrogen-bond donors (Lipinski definition) is 1. The number of aromatic nitrogens is 2. The van der Waals surface area contributed by atoms with Crippen molar-refractivity contribution in [1.29, 1.82) is 0 Å². The number of piperazine rings is 1. The van der Waals surface area contributed by atoms with Gasteiger partial charge in [-0.2, -0.15) is 5.10 Å². The van der Waals surface area contributed by atoms with E-state index >= 15 is 0 Å². The monoisotopic (exact) mass is 403 g/mol. The fraction of sp³-hybridized carbons (Fsp3) is 0.333. The maximum absolute atomic E-state index is 12.5. The topological polar surface area (TPSA) is 53.4 Å². The summed E-state index contributed by atoms with van der Waals surface area (Å²) >= 11 is 0. The van der Waals surface area contributed by atoms with Gasteiger partial charge in [0.05, 0.1) is 29.3 Å². The Hall–Kier alpha value is -3.12. The lowest BCUT2D eigenvalue weighted by atomic mass is 10.2. The third-order valence-electron chi connectivity index (χ3n) is 5.73. The highest BCUT2D eigenvalue weighted by molar-refractivity contribution is 5.92. The molecule has 0 unspecified atom stereocenters. The van der Waals surface area contributed by atoms with E-state index in [4.69, 9.17) is 5.10 Å². The summed E-state index contributed by atoms with van der Waals surface area (Å²) in [5, 5.41) is 7.81. The number of hydrogen-bond acceptors (Lipinski definition) is 4. The van der Waals surface area contributed by atoms with Crippen LogP contribution in [0.5, 0.6) is 0 Å². The van der Waals surface area contributed by atoms with E-state index in [0.717, 1.165) is 54.5 Å². The number of para-hydroxylation sites is 2. The molecule has 0 spiro atoms. The molecule has 0 radical (unpaired) electrons. The highest BCUT2D eigenvalue weighted by Gasteiger charge is 2.24. The van der Waals surface area contributed by atoms with Crippen molar-refractivity contribution in [2.45, 2.75) is 20.8 Å². The second-order valence-electron chi connectivity index (χ2n) is 7.89. The summed E-state index contributed by atoms with van der Waals surface area (Å²) < 4.78 is 2.02. The Morgan fingerprint density at radius 1 is 0.933 bits per heavy atom. The molecule has 1 amide bonds. The van der Waals surface area contributed by atoms with Crippen LogP contribution < -0.4 is 10.2 Å². The van der Waals surface area contributed by atoms with E-state index in [9.17, 15) is 4.79 Å². The summed E-state index contributed by atoms with van der Waals surface area (Å²) in [6.07, 6.45) is 0. The summed E-state index contributed by atoms with van der Waals surface area (Å²) in [5.74, 6) is 0.0435. The van der Waals surface area contributed by atoms with Gasteiger partial charge in [-0.05, 0) is 44.5 Å². The van der Waals surface area contributed by atoms with Crippen LogP contribution in [0.3, 0.4) is 0 Å². The van der Waals surface area contributed by atoms with Crippen molar-refractivity contribution in [2.75, 3.05) is 42.9 Å². The average Bonchev–Trinajstić information content (AvgIpc) is 3.05. The zero-order chi connectivity index (χ0) is 21.1. The predicted molar refractivity (Wildman–Crippen MR) is 121 cm³/mol. The van der Waals surface area contributed by atoms with Crippen LogP contribution >= 0.6 is 0 Å². The number of nitrogens with zero attached hydrogens (tertiary/aromatic N) is 4. The van der Waals surface area contributed by atoms with Gasteiger partial charge < -0.3 is 10.2 Å². The normalized spacial score (nSPS) is 14.7. The molecule has 1 N–H and O–H groups in total. The number of benzene rings is 2. The van der Waals surface area contributed by atoms with E-state index in [-0.39, 0.29) is 5.91 Å². The molecule has 3 aromatic rings. The van der Waals surface area contributed by atoms with Crippen molar-refractivity contribution in [1.82, 2.24) is 14.7 Å². The fourth-order valence-electron chi connectivity index (χ4n) is 4.15.